The number of hydrogen-bond donors (Lipinski definition) is 2. The number of carbonyl (C=O) groups excluding carboxylic acids is 2. The van der Waals surface area contributed by atoms with Gasteiger partial charge in [-0.05, 0) is 12.5 Å². The lowest BCUT2D eigenvalue weighted by molar-refractivity contribution is -0.136. The van der Waals surface area contributed by atoms with E-state index in [0.717, 1.165) is 5.56 Å². The van der Waals surface area contributed by atoms with Gasteiger partial charge >= 0.3 is 0 Å². The molecule has 0 spiro atoms. The molecule has 0 saturated carbocycles. The number of imide groups is 1. The minimum Gasteiger partial charge on any atom is -0.293 e. The van der Waals surface area contributed by atoms with E-state index in [1.54, 1.807) is 6.92 Å². The lowest BCUT2D eigenvalue weighted by Gasteiger charge is -2.27. The Morgan fingerprint density at radius 3 is 2.40 bits per heavy atom. The average molecular weight is 204 g/mol. The summed E-state index contributed by atoms with van der Waals surface area (Å²) in [6.45, 7) is 1.73. The van der Waals surface area contributed by atoms with E-state index in [-0.39, 0.29) is 17.9 Å². The van der Waals surface area contributed by atoms with Crippen molar-refractivity contribution >= 4 is 11.8 Å². The van der Waals surface area contributed by atoms with Gasteiger partial charge in [0.1, 0.15) is 6.04 Å². The van der Waals surface area contributed by atoms with Crippen molar-refractivity contribution in [3.05, 3.63) is 35.9 Å². The van der Waals surface area contributed by atoms with E-state index in [4.69, 9.17) is 0 Å². The molecule has 1 saturated heterocycles. The molecule has 2 N–H and O–H groups in total. The third kappa shape index (κ3) is 1.89. The fraction of sp³-hybridized carbons (Fsp3) is 0.273. The largest absolute Gasteiger partial charge is 0.293 e. The molecule has 0 bridgehead atoms. The van der Waals surface area contributed by atoms with Crippen LogP contribution in [0, 0.1) is 0 Å². The van der Waals surface area contributed by atoms with Gasteiger partial charge < -0.3 is 0 Å². The van der Waals surface area contributed by atoms with Crippen molar-refractivity contribution < 1.29 is 9.59 Å². The van der Waals surface area contributed by atoms with E-state index in [9.17, 15) is 9.59 Å². The molecule has 1 aliphatic rings. The minimum absolute atomic E-state index is 0.271. The highest BCUT2D eigenvalue weighted by Crippen LogP contribution is 2.16. The van der Waals surface area contributed by atoms with Gasteiger partial charge in [0.25, 0.3) is 0 Å². The van der Waals surface area contributed by atoms with Crippen molar-refractivity contribution in [2.45, 2.75) is 19.0 Å². The highest BCUT2D eigenvalue weighted by atomic mass is 16.2. The quantitative estimate of drug-likeness (QED) is 0.649. The zero-order valence-corrected chi connectivity index (χ0v) is 8.36. The summed E-state index contributed by atoms with van der Waals surface area (Å²) < 4.78 is 0. The Balaban J connectivity index is 2.23. The van der Waals surface area contributed by atoms with Gasteiger partial charge in [0.05, 0.1) is 6.04 Å². The third-order valence-corrected chi connectivity index (χ3v) is 2.45. The van der Waals surface area contributed by atoms with Gasteiger partial charge in [-0.1, -0.05) is 30.3 Å². The standard InChI is InChI=1S/C11H12N2O2/c1-7-10(14)13-11(15)9(12-7)8-5-3-2-4-6-8/h2-7,9,12H,1H3,(H,13,14,15). The number of nitrogens with one attached hydrogen (secondary N) is 2. The summed E-state index contributed by atoms with van der Waals surface area (Å²) in [6, 6.07) is 8.57. The fourth-order valence-electron chi connectivity index (χ4n) is 1.60. The molecule has 4 nitrogen and oxygen atoms in total. The van der Waals surface area contributed by atoms with Gasteiger partial charge in [0.2, 0.25) is 11.8 Å². The van der Waals surface area contributed by atoms with Crippen molar-refractivity contribution in [1.29, 1.82) is 0 Å². The Labute approximate surface area is 87.7 Å². The summed E-state index contributed by atoms with van der Waals surface area (Å²) in [7, 11) is 0. The van der Waals surface area contributed by atoms with Crippen LogP contribution in [-0.2, 0) is 9.59 Å². The second-order valence-electron chi connectivity index (χ2n) is 3.59. The van der Waals surface area contributed by atoms with Crippen molar-refractivity contribution in [2.24, 2.45) is 0 Å². The van der Waals surface area contributed by atoms with Crippen molar-refractivity contribution in [1.82, 2.24) is 10.6 Å². The monoisotopic (exact) mass is 204 g/mol. The molecule has 0 aromatic heterocycles. The second kappa shape index (κ2) is 3.82. The lowest BCUT2D eigenvalue weighted by atomic mass is 10.0. The maximum absolute atomic E-state index is 11.6. The minimum atomic E-state index is -0.432. The number of amides is 2. The van der Waals surface area contributed by atoms with Gasteiger partial charge in [-0.2, -0.15) is 0 Å². The number of benzene rings is 1. The summed E-state index contributed by atoms with van der Waals surface area (Å²) in [5.74, 6) is -0.559. The maximum Gasteiger partial charge on any atom is 0.248 e. The summed E-state index contributed by atoms with van der Waals surface area (Å²) in [5, 5.41) is 5.31. The van der Waals surface area contributed by atoms with Crippen LogP contribution in [0.5, 0.6) is 0 Å². The molecule has 2 amide bonds. The summed E-state index contributed by atoms with van der Waals surface area (Å²) in [4.78, 5) is 22.7. The molecular weight excluding hydrogens is 192 g/mol. The zero-order chi connectivity index (χ0) is 10.8. The molecule has 2 atom stereocenters. The van der Waals surface area contributed by atoms with Crippen LogP contribution in [0.4, 0.5) is 0 Å². The number of rotatable bonds is 1. The maximum atomic E-state index is 11.6. The SMILES string of the molecule is CC1NC(c2ccccc2)C(=O)NC1=O. The van der Waals surface area contributed by atoms with Gasteiger partial charge in [0.15, 0.2) is 0 Å². The molecule has 15 heavy (non-hydrogen) atoms. The first kappa shape index (κ1) is 9.86. The molecular formula is C11H12N2O2. The van der Waals surface area contributed by atoms with Crippen LogP contribution in [0.3, 0.4) is 0 Å². The van der Waals surface area contributed by atoms with Crippen molar-refractivity contribution in [2.75, 3.05) is 0 Å². The number of piperazine rings is 1. The molecule has 0 radical (unpaired) electrons. The summed E-state index contributed by atoms with van der Waals surface area (Å²) >= 11 is 0. The summed E-state index contributed by atoms with van der Waals surface area (Å²) in [6.07, 6.45) is 0. The first-order chi connectivity index (χ1) is 7.18. The Morgan fingerprint density at radius 1 is 1.07 bits per heavy atom. The first-order valence-electron chi connectivity index (χ1n) is 4.84. The molecule has 2 unspecified atom stereocenters. The topological polar surface area (TPSA) is 58.2 Å². The highest BCUT2D eigenvalue weighted by Gasteiger charge is 2.31. The van der Waals surface area contributed by atoms with Gasteiger partial charge in [-0.3, -0.25) is 20.2 Å². The molecule has 1 aromatic carbocycles. The smallest absolute Gasteiger partial charge is 0.248 e. The van der Waals surface area contributed by atoms with Crippen LogP contribution in [-0.4, -0.2) is 17.9 Å². The van der Waals surface area contributed by atoms with E-state index < -0.39 is 6.04 Å². The van der Waals surface area contributed by atoms with Gasteiger partial charge in [-0.25, -0.2) is 0 Å². The molecule has 4 heteroatoms. The van der Waals surface area contributed by atoms with Crippen molar-refractivity contribution in [3.63, 3.8) is 0 Å². The van der Waals surface area contributed by atoms with E-state index in [2.05, 4.69) is 10.6 Å². The van der Waals surface area contributed by atoms with Crippen LogP contribution in [0.25, 0.3) is 0 Å². The molecule has 2 rings (SSSR count). The zero-order valence-electron chi connectivity index (χ0n) is 8.36. The van der Waals surface area contributed by atoms with Gasteiger partial charge in [0, 0.05) is 0 Å². The van der Waals surface area contributed by atoms with E-state index >= 15 is 0 Å². The van der Waals surface area contributed by atoms with Gasteiger partial charge in [-0.15, -0.1) is 0 Å². The summed E-state index contributed by atoms with van der Waals surface area (Å²) in [5.41, 5.74) is 0.870. The molecule has 1 fully saturated rings. The fourth-order valence-corrected chi connectivity index (χ4v) is 1.60. The van der Waals surface area contributed by atoms with E-state index in [1.165, 1.54) is 0 Å². The molecule has 1 aliphatic heterocycles. The Morgan fingerprint density at radius 2 is 1.73 bits per heavy atom. The van der Waals surface area contributed by atoms with Crippen LogP contribution in [0.1, 0.15) is 18.5 Å². The third-order valence-electron chi connectivity index (χ3n) is 2.45. The molecule has 1 heterocycles. The van der Waals surface area contributed by atoms with Crippen molar-refractivity contribution in [3.8, 4) is 0 Å². The number of carbonyl (C=O) groups is 2. The Bertz CT molecular complexity index is 389. The number of hydrogen-bond acceptors (Lipinski definition) is 3. The molecule has 0 aliphatic carbocycles. The predicted octanol–water partition coefficient (Wildman–Crippen LogP) is 0.362. The van der Waals surface area contributed by atoms with Crippen LogP contribution >= 0.6 is 0 Å². The lowest BCUT2D eigenvalue weighted by Crippen LogP contribution is -2.56. The normalized spacial score (nSPS) is 26.2. The van der Waals surface area contributed by atoms with Crippen LogP contribution in [0.15, 0.2) is 30.3 Å². The average Bonchev–Trinajstić information content (AvgIpc) is 2.25. The first-order valence-corrected chi connectivity index (χ1v) is 4.84. The Kier molecular flexibility index (Phi) is 2.51. The second-order valence-corrected chi connectivity index (χ2v) is 3.59. The van der Waals surface area contributed by atoms with Crippen LogP contribution < -0.4 is 10.6 Å². The Hall–Kier alpha value is -1.68. The predicted molar refractivity (Wildman–Crippen MR) is 54.9 cm³/mol. The van der Waals surface area contributed by atoms with E-state index in [1.807, 2.05) is 30.3 Å². The molecule has 78 valence electrons. The molecule has 1 aromatic rings. The highest BCUT2D eigenvalue weighted by molar-refractivity contribution is 6.02. The van der Waals surface area contributed by atoms with Crippen LogP contribution in [0.2, 0.25) is 0 Å². The van der Waals surface area contributed by atoms with E-state index in [0.29, 0.717) is 0 Å².